The lowest BCUT2D eigenvalue weighted by Crippen LogP contribution is -2.29. The molecule has 1 atom stereocenters. The van der Waals surface area contributed by atoms with Crippen LogP contribution in [-0.2, 0) is 9.59 Å². The summed E-state index contributed by atoms with van der Waals surface area (Å²) in [7, 11) is 1.47. The van der Waals surface area contributed by atoms with E-state index in [-0.39, 0.29) is 27.7 Å². The van der Waals surface area contributed by atoms with E-state index in [1.807, 2.05) is 0 Å². The normalized spacial score (nSPS) is 17.9. The number of ether oxygens (including phenoxy) is 1. The number of rotatable bonds is 4. The number of carbonyl (C=O) groups is 2. The van der Waals surface area contributed by atoms with Crippen molar-refractivity contribution in [2.24, 2.45) is 0 Å². The van der Waals surface area contributed by atoms with E-state index in [4.69, 9.17) is 20.9 Å². The van der Waals surface area contributed by atoms with Gasteiger partial charge in [0.25, 0.3) is 5.78 Å². The summed E-state index contributed by atoms with van der Waals surface area (Å²) in [5.74, 6) is -0.923. The number of aromatic nitrogens is 1. The fourth-order valence-electron chi connectivity index (χ4n) is 3.47. The molecule has 1 aliphatic rings. The van der Waals surface area contributed by atoms with E-state index in [1.165, 1.54) is 18.1 Å². The minimum absolute atomic E-state index is 0.0748. The molecule has 158 valence electrons. The van der Waals surface area contributed by atoms with Gasteiger partial charge < -0.3 is 14.4 Å². The predicted molar refractivity (Wildman–Crippen MR) is 118 cm³/mol. The first-order chi connectivity index (χ1) is 14.8. The third-order valence-electron chi connectivity index (χ3n) is 4.92. The minimum atomic E-state index is -0.904. The second kappa shape index (κ2) is 8.20. The van der Waals surface area contributed by atoms with Gasteiger partial charge >= 0.3 is 5.91 Å². The lowest BCUT2D eigenvalue weighted by atomic mass is 9.95. The van der Waals surface area contributed by atoms with Crippen molar-refractivity contribution in [3.05, 3.63) is 80.5 Å². The largest absolute Gasteiger partial charge is 0.507 e. The van der Waals surface area contributed by atoms with E-state index in [0.29, 0.717) is 17.1 Å². The Hall–Kier alpha value is -3.10. The molecule has 3 aromatic rings. The molecule has 0 saturated carbocycles. The summed E-state index contributed by atoms with van der Waals surface area (Å²) < 4.78 is 11.1. The summed E-state index contributed by atoms with van der Waals surface area (Å²) >= 11 is 9.58. The number of benzene rings is 2. The van der Waals surface area contributed by atoms with Crippen LogP contribution in [0.15, 0.2) is 63.1 Å². The van der Waals surface area contributed by atoms with Crippen molar-refractivity contribution in [2.45, 2.75) is 13.0 Å². The van der Waals surface area contributed by atoms with Crippen molar-refractivity contribution in [3.63, 3.8) is 0 Å². The van der Waals surface area contributed by atoms with Crippen LogP contribution in [0, 0.1) is 6.92 Å². The van der Waals surface area contributed by atoms with Gasteiger partial charge in [-0.25, -0.2) is 0 Å². The van der Waals surface area contributed by atoms with Gasteiger partial charge in [0, 0.05) is 16.1 Å². The third kappa shape index (κ3) is 3.73. The van der Waals surface area contributed by atoms with Crippen LogP contribution in [0.2, 0.25) is 5.02 Å². The number of aliphatic hydroxyl groups is 1. The fraction of sp³-hybridized carbons (Fsp3) is 0.136. The zero-order valence-electron chi connectivity index (χ0n) is 16.4. The number of methoxy groups -OCH3 is 1. The van der Waals surface area contributed by atoms with Crippen LogP contribution in [0.5, 0.6) is 5.75 Å². The van der Waals surface area contributed by atoms with Crippen molar-refractivity contribution in [1.82, 2.24) is 5.16 Å². The summed E-state index contributed by atoms with van der Waals surface area (Å²) in [6, 6.07) is 12.3. The third-order valence-corrected chi connectivity index (χ3v) is 5.74. The number of amides is 1. The predicted octanol–water partition coefficient (Wildman–Crippen LogP) is 5.03. The highest BCUT2D eigenvalue weighted by molar-refractivity contribution is 9.10. The minimum Gasteiger partial charge on any atom is -0.507 e. The fourth-order valence-corrected chi connectivity index (χ4v) is 3.99. The summed E-state index contributed by atoms with van der Waals surface area (Å²) in [5, 5.41) is 15.2. The van der Waals surface area contributed by atoms with Gasteiger partial charge in [-0.15, -0.1) is 0 Å². The maximum atomic E-state index is 13.0. The molecule has 0 bridgehead atoms. The molecule has 4 rings (SSSR count). The van der Waals surface area contributed by atoms with Crippen molar-refractivity contribution >= 4 is 50.8 Å². The molecular formula is C22H16BrClN2O5. The topological polar surface area (TPSA) is 92.9 Å². The van der Waals surface area contributed by atoms with Crippen molar-refractivity contribution in [3.8, 4) is 5.75 Å². The van der Waals surface area contributed by atoms with Gasteiger partial charge in [0.05, 0.1) is 23.7 Å². The van der Waals surface area contributed by atoms with Crippen LogP contribution >= 0.6 is 27.5 Å². The molecule has 9 heteroatoms. The quantitative estimate of drug-likeness (QED) is 0.305. The standard InChI is InChI=1S/C22H16BrClN2O5/c1-11-9-17(25-31-11)26-19(12-3-6-14(23)7-4-12)18(21(28)22(26)29)20(27)13-5-8-16(30-2)15(24)10-13/h3-10,19,27H,1-2H3/t19-/m0/s1. The van der Waals surface area contributed by atoms with Crippen LogP contribution in [0.4, 0.5) is 5.82 Å². The molecule has 7 nitrogen and oxygen atoms in total. The highest BCUT2D eigenvalue weighted by atomic mass is 79.9. The zero-order valence-corrected chi connectivity index (χ0v) is 18.8. The monoisotopic (exact) mass is 502 g/mol. The van der Waals surface area contributed by atoms with Gasteiger partial charge in [0.1, 0.15) is 17.3 Å². The van der Waals surface area contributed by atoms with Crippen LogP contribution in [-0.4, -0.2) is 29.1 Å². The number of hydrogen-bond acceptors (Lipinski definition) is 6. The van der Waals surface area contributed by atoms with Crippen molar-refractivity contribution in [1.29, 1.82) is 0 Å². The van der Waals surface area contributed by atoms with E-state index < -0.39 is 17.7 Å². The Labute approximate surface area is 191 Å². The van der Waals surface area contributed by atoms with Gasteiger partial charge in [0.2, 0.25) is 0 Å². The molecule has 0 spiro atoms. The average Bonchev–Trinajstić information content (AvgIpc) is 3.29. The maximum absolute atomic E-state index is 13.0. The molecule has 1 N–H and O–H groups in total. The molecular weight excluding hydrogens is 488 g/mol. The highest BCUT2D eigenvalue weighted by Crippen LogP contribution is 2.42. The smallest absolute Gasteiger partial charge is 0.301 e. The Morgan fingerprint density at radius 3 is 2.48 bits per heavy atom. The molecule has 2 heterocycles. The SMILES string of the molecule is COc1ccc(C(O)=C2C(=O)C(=O)N(c3cc(C)on3)[C@H]2c2ccc(Br)cc2)cc1Cl. The molecule has 0 unspecified atom stereocenters. The first-order valence-electron chi connectivity index (χ1n) is 9.15. The second-order valence-electron chi connectivity index (χ2n) is 6.87. The number of carbonyl (C=O) groups excluding carboxylic acids is 2. The van der Waals surface area contributed by atoms with Crippen LogP contribution in [0.1, 0.15) is 22.9 Å². The van der Waals surface area contributed by atoms with Crippen molar-refractivity contribution < 1.29 is 24.0 Å². The van der Waals surface area contributed by atoms with Crippen LogP contribution in [0.25, 0.3) is 5.76 Å². The molecule has 0 aliphatic carbocycles. The maximum Gasteiger partial charge on any atom is 0.301 e. The Morgan fingerprint density at radius 2 is 1.90 bits per heavy atom. The van der Waals surface area contributed by atoms with E-state index in [9.17, 15) is 14.7 Å². The molecule has 31 heavy (non-hydrogen) atoms. The van der Waals surface area contributed by atoms with Gasteiger partial charge in [-0.1, -0.05) is 44.8 Å². The summed E-state index contributed by atoms with van der Waals surface area (Å²) in [4.78, 5) is 27.2. The molecule has 1 amide bonds. The van der Waals surface area contributed by atoms with E-state index in [1.54, 1.807) is 49.4 Å². The average molecular weight is 504 g/mol. The number of ketones is 1. The Kier molecular flexibility index (Phi) is 5.60. The first-order valence-corrected chi connectivity index (χ1v) is 10.3. The molecule has 1 aliphatic heterocycles. The van der Waals surface area contributed by atoms with Crippen LogP contribution < -0.4 is 9.64 Å². The molecule has 1 aromatic heterocycles. The summed E-state index contributed by atoms with van der Waals surface area (Å²) in [5.41, 5.74) is 0.820. The summed E-state index contributed by atoms with van der Waals surface area (Å²) in [6.45, 7) is 1.68. The molecule has 1 saturated heterocycles. The van der Waals surface area contributed by atoms with Gasteiger partial charge in [-0.3, -0.25) is 14.5 Å². The molecule has 2 aromatic carbocycles. The Morgan fingerprint density at radius 1 is 1.19 bits per heavy atom. The van der Waals surface area contributed by atoms with E-state index in [0.717, 1.165) is 4.47 Å². The van der Waals surface area contributed by atoms with Crippen molar-refractivity contribution in [2.75, 3.05) is 12.0 Å². The van der Waals surface area contributed by atoms with Gasteiger partial charge in [0.15, 0.2) is 5.82 Å². The van der Waals surface area contributed by atoms with E-state index in [2.05, 4.69) is 21.1 Å². The Bertz CT molecular complexity index is 1220. The molecule has 1 fully saturated rings. The number of nitrogens with zero attached hydrogens (tertiary/aromatic N) is 2. The summed E-state index contributed by atoms with van der Waals surface area (Å²) in [6.07, 6.45) is 0. The Balaban J connectivity index is 1.93. The zero-order chi connectivity index (χ0) is 22.3. The number of Topliss-reactive ketones (excluding diaryl/α,β-unsaturated/α-hetero) is 1. The van der Waals surface area contributed by atoms with Crippen LogP contribution in [0.3, 0.4) is 0 Å². The molecule has 0 radical (unpaired) electrons. The van der Waals surface area contributed by atoms with Gasteiger partial charge in [-0.2, -0.15) is 0 Å². The van der Waals surface area contributed by atoms with Gasteiger partial charge in [-0.05, 0) is 42.8 Å². The number of anilines is 1. The highest BCUT2D eigenvalue weighted by Gasteiger charge is 2.48. The second-order valence-corrected chi connectivity index (χ2v) is 8.19. The number of aliphatic hydroxyl groups excluding tert-OH is 1. The number of halogens is 2. The lowest BCUT2D eigenvalue weighted by Gasteiger charge is -2.23. The first kappa shape index (κ1) is 21.1. The lowest BCUT2D eigenvalue weighted by molar-refractivity contribution is -0.132. The number of aryl methyl sites for hydroxylation is 1. The number of hydrogen-bond donors (Lipinski definition) is 1. The van der Waals surface area contributed by atoms with E-state index >= 15 is 0 Å².